The second-order valence-electron chi connectivity index (χ2n) is 5.21. The first-order valence-electron chi connectivity index (χ1n) is 6.76. The van der Waals surface area contributed by atoms with Crippen LogP contribution in [0.25, 0.3) is 0 Å². The third-order valence-electron chi connectivity index (χ3n) is 3.59. The number of nitrogens with zero attached hydrogens (tertiary/aromatic N) is 3. The van der Waals surface area contributed by atoms with Gasteiger partial charge in [0.1, 0.15) is 5.82 Å². The van der Waals surface area contributed by atoms with Gasteiger partial charge in [0, 0.05) is 31.7 Å². The van der Waals surface area contributed by atoms with E-state index in [4.69, 9.17) is 5.26 Å². The van der Waals surface area contributed by atoms with Crippen molar-refractivity contribution >= 4 is 10.0 Å². The molecule has 5 nitrogen and oxygen atoms in total. The number of benzene rings is 1. The molecule has 0 saturated carbocycles. The molecule has 1 aliphatic rings. The Balaban J connectivity index is 2.06. The van der Waals surface area contributed by atoms with E-state index in [1.165, 1.54) is 22.7 Å². The summed E-state index contributed by atoms with van der Waals surface area (Å²) in [6.45, 7) is 2.57. The van der Waals surface area contributed by atoms with Crippen molar-refractivity contribution in [2.24, 2.45) is 0 Å². The highest BCUT2D eigenvalue weighted by Gasteiger charge is 2.21. The molecule has 0 aliphatic carbocycles. The lowest BCUT2D eigenvalue weighted by atomic mass is 10.1. The van der Waals surface area contributed by atoms with Gasteiger partial charge in [0.15, 0.2) is 0 Å². The van der Waals surface area contributed by atoms with Crippen LogP contribution in [-0.4, -0.2) is 50.1 Å². The standard InChI is InChI=1S/C14H18FN3O2S/c1-21(19,20)18-6-2-5-17(7-8-18)11-13-9-12(10-16)3-4-14(13)15/h3-4,9H,2,5-8,11H2,1H3. The fourth-order valence-electron chi connectivity index (χ4n) is 2.44. The van der Waals surface area contributed by atoms with E-state index in [9.17, 15) is 12.8 Å². The number of halogens is 1. The first kappa shape index (κ1) is 15.9. The van der Waals surface area contributed by atoms with Crippen LogP contribution in [0, 0.1) is 17.1 Å². The monoisotopic (exact) mass is 311 g/mol. The van der Waals surface area contributed by atoms with Crippen LogP contribution in [0.4, 0.5) is 4.39 Å². The van der Waals surface area contributed by atoms with Crippen LogP contribution in [0.1, 0.15) is 17.5 Å². The fourth-order valence-corrected chi connectivity index (χ4v) is 3.32. The van der Waals surface area contributed by atoms with Crippen LogP contribution < -0.4 is 0 Å². The summed E-state index contributed by atoms with van der Waals surface area (Å²) in [5, 5.41) is 8.87. The smallest absolute Gasteiger partial charge is 0.211 e. The quantitative estimate of drug-likeness (QED) is 0.840. The molecule has 1 aromatic rings. The molecule has 0 bridgehead atoms. The minimum absolute atomic E-state index is 0.335. The topological polar surface area (TPSA) is 64.4 Å². The van der Waals surface area contributed by atoms with Gasteiger partial charge in [-0.25, -0.2) is 17.1 Å². The van der Waals surface area contributed by atoms with Crippen molar-refractivity contribution < 1.29 is 12.8 Å². The predicted octanol–water partition coefficient (Wildman–Crippen LogP) is 1.16. The molecular formula is C14H18FN3O2S. The van der Waals surface area contributed by atoms with E-state index >= 15 is 0 Å². The van der Waals surface area contributed by atoms with Crippen LogP contribution in [0.15, 0.2) is 18.2 Å². The molecular weight excluding hydrogens is 293 g/mol. The summed E-state index contributed by atoms with van der Waals surface area (Å²) in [7, 11) is -3.17. The number of rotatable bonds is 3. The van der Waals surface area contributed by atoms with Crippen molar-refractivity contribution in [1.29, 1.82) is 5.26 Å². The van der Waals surface area contributed by atoms with Crippen LogP contribution in [0.5, 0.6) is 0 Å². The van der Waals surface area contributed by atoms with Gasteiger partial charge in [0.05, 0.1) is 17.9 Å². The Hall–Kier alpha value is -1.49. The molecule has 1 saturated heterocycles. The third-order valence-corrected chi connectivity index (χ3v) is 4.89. The molecule has 0 spiro atoms. The molecule has 0 radical (unpaired) electrons. The molecule has 0 amide bonds. The molecule has 1 aromatic carbocycles. The Labute approximate surface area is 124 Å². The van der Waals surface area contributed by atoms with Crippen molar-refractivity contribution in [3.63, 3.8) is 0 Å². The first-order valence-corrected chi connectivity index (χ1v) is 8.61. The summed E-state index contributed by atoms with van der Waals surface area (Å²) >= 11 is 0. The molecule has 0 N–H and O–H groups in total. The Morgan fingerprint density at radius 1 is 1.29 bits per heavy atom. The summed E-state index contributed by atoms with van der Waals surface area (Å²) in [6.07, 6.45) is 1.92. The highest BCUT2D eigenvalue weighted by molar-refractivity contribution is 7.88. The summed E-state index contributed by atoms with van der Waals surface area (Å²) < 4.78 is 38.3. The lowest BCUT2D eigenvalue weighted by Crippen LogP contribution is -2.34. The Bertz CT molecular complexity index is 655. The number of nitriles is 1. The summed E-state index contributed by atoms with van der Waals surface area (Å²) in [5.74, 6) is -0.335. The van der Waals surface area contributed by atoms with Gasteiger partial charge in [-0.05, 0) is 31.2 Å². The zero-order valence-electron chi connectivity index (χ0n) is 11.9. The maximum Gasteiger partial charge on any atom is 0.211 e. The van der Waals surface area contributed by atoms with Gasteiger partial charge >= 0.3 is 0 Å². The number of sulfonamides is 1. The van der Waals surface area contributed by atoms with Crippen LogP contribution in [0.3, 0.4) is 0 Å². The van der Waals surface area contributed by atoms with Gasteiger partial charge in [-0.3, -0.25) is 4.90 Å². The zero-order chi connectivity index (χ0) is 15.5. The second-order valence-corrected chi connectivity index (χ2v) is 7.19. The lowest BCUT2D eigenvalue weighted by molar-refractivity contribution is 0.275. The van der Waals surface area contributed by atoms with Crippen molar-refractivity contribution in [2.45, 2.75) is 13.0 Å². The molecule has 1 fully saturated rings. The fraction of sp³-hybridized carbons (Fsp3) is 0.500. The molecule has 0 unspecified atom stereocenters. The van der Waals surface area contributed by atoms with E-state index in [0.717, 1.165) is 0 Å². The van der Waals surface area contributed by atoms with Crippen molar-refractivity contribution in [1.82, 2.24) is 9.21 Å². The minimum atomic E-state index is -3.17. The van der Waals surface area contributed by atoms with E-state index in [-0.39, 0.29) is 5.82 Å². The first-order chi connectivity index (χ1) is 9.90. The average molecular weight is 311 g/mol. The van der Waals surface area contributed by atoms with E-state index in [0.29, 0.717) is 50.3 Å². The Morgan fingerprint density at radius 2 is 2.05 bits per heavy atom. The number of hydrogen-bond donors (Lipinski definition) is 0. The minimum Gasteiger partial charge on any atom is -0.298 e. The maximum atomic E-state index is 13.8. The lowest BCUT2D eigenvalue weighted by Gasteiger charge is -2.21. The van der Waals surface area contributed by atoms with Gasteiger partial charge in [-0.15, -0.1) is 0 Å². The SMILES string of the molecule is CS(=O)(=O)N1CCCN(Cc2cc(C#N)ccc2F)CC1. The maximum absolute atomic E-state index is 13.8. The molecule has 0 atom stereocenters. The Kier molecular flexibility index (Phi) is 4.93. The largest absolute Gasteiger partial charge is 0.298 e. The van der Waals surface area contributed by atoms with E-state index in [1.807, 2.05) is 11.0 Å². The zero-order valence-corrected chi connectivity index (χ0v) is 12.7. The van der Waals surface area contributed by atoms with Gasteiger partial charge < -0.3 is 0 Å². The molecule has 7 heteroatoms. The molecule has 1 aliphatic heterocycles. The summed E-state index contributed by atoms with van der Waals surface area (Å²) in [6, 6.07) is 6.30. The summed E-state index contributed by atoms with van der Waals surface area (Å²) in [5.41, 5.74) is 0.904. The predicted molar refractivity (Wildman–Crippen MR) is 77.4 cm³/mol. The van der Waals surface area contributed by atoms with Crippen molar-refractivity contribution in [2.75, 3.05) is 32.4 Å². The third kappa shape index (κ3) is 4.24. The van der Waals surface area contributed by atoms with Gasteiger partial charge in [0.25, 0.3) is 0 Å². The van der Waals surface area contributed by atoms with E-state index in [1.54, 1.807) is 6.07 Å². The molecule has 114 valence electrons. The van der Waals surface area contributed by atoms with E-state index < -0.39 is 10.0 Å². The van der Waals surface area contributed by atoms with Crippen molar-refractivity contribution in [3.05, 3.63) is 35.1 Å². The van der Waals surface area contributed by atoms with Gasteiger partial charge in [0.2, 0.25) is 10.0 Å². The van der Waals surface area contributed by atoms with Crippen molar-refractivity contribution in [3.8, 4) is 6.07 Å². The van der Waals surface area contributed by atoms with Gasteiger partial charge in [-0.1, -0.05) is 0 Å². The highest BCUT2D eigenvalue weighted by Crippen LogP contribution is 2.15. The van der Waals surface area contributed by atoms with Crippen LogP contribution in [0.2, 0.25) is 0 Å². The summed E-state index contributed by atoms with van der Waals surface area (Å²) in [4.78, 5) is 2.02. The normalized spacial score (nSPS) is 18.1. The second kappa shape index (κ2) is 6.52. The molecule has 0 aromatic heterocycles. The van der Waals surface area contributed by atoms with Crippen LogP contribution in [-0.2, 0) is 16.6 Å². The number of hydrogen-bond acceptors (Lipinski definition) is 4. The van der Waals surface area contributed by atoms with Crippen LogP contribution >= 0.6 is 0 Å². The average Bonchev–Trinajstić information content (AvgIpc) is 2.66. The molecule has 2 rings (SSSR count). The molecule has 21 heavy (non-hydrogen) atoms. The van der Waals surface area contributed by atoms with Gasteiger partial charge in [-0.2, -0.15) is 5.26 Å². The molecule has 1 heterocycles. The Morgan fingerprint density at radius 3 is 2.71 bits per heavy atom. The van der Waals surface area contributed by atoms with E-state index in [2.05, 4.69) is 0 Å². The highest BCUT2D eigenvalue weighted by atomic mass is 32.2.